The molecular formula is C21H19Cl2FN6O. The molecule has 0 radical (unpaired) electrons. The molecule has 0 bridgehead atoms. The van der Waals surface area contributed by atoms with E-state index in [0.717, 1.165) is 22.0 Å². The third-order valence-electron chi connectivity index (χ3n) is 4.57. The molecule has 31 heavy (non-hydrogen) atoms. The van der Waals surface area contributed by atoms with Crippen LogP contribution in [-0.2, 0) is 6.42 Å². The van der Waals surface area contributed by atoms with Crippen molar-refractivity contribution in [1.29, 1.82) is 0 Å². The Labute approximate surface area is 187 Å². The molecule has 0 fully saturated rings. The van der Waals surface area contributed by atoms with E-state index in [-0.39, 0.29) is 16.3 Å². The SMILES string of the molecule is NCCCOc1cc(F)ccc1Cc1ccc2[nH]nc(Nc3cc(Cl)nc(Cl)n3)c2c1. The number of H-pyrrole nitrogens is 1. The van der Waals surface area contributed by atoms with Crippen molar-refractivity contribution < 1.29 is 9.13 Å². The van der Waals surface area contributed by atoms with E-state index in [4.69, 9.17) is 33.7 Å². The van der Waals surface area contributed by atoms with Gasteiger partial charge in [0.2, 0.25) is 5.28 Å². The summed E-state index contributed by atoms with van der Waals surface area (Å²) in [6, 6.07) is 12.0. The van der Waals surface area contributed by atoms with Crippen molar-refractivity contribution in [2.75, 3.05) is 18.5 Å². The van der Waals surface area contributed by atoms with Crippen LogP contribution in [0.4, 0.5) is 16.0 Å². The second-order valence-electron chi connectivity index (χ2n) is 6.84. The van der Waals surface area contributed by atoms with Gasteiger partial charge in [-0.25, -0.2) is 14.4 Å². The predicted octanol–water partition coefficient (Wildman–Crippen LogP) is 4.86. The van der Waals surface area contributed by atoms with Crippen molar-refractivity contribution >= 4 is 45.7 Å². The summed E-state index contributed by atoms with van der Waals surface area (Å²) in [6.07, 6.45) is 1.26. The average Bonchev–Trinajstić information content (AvgIpc) is 3.11. The van der Waals surface area contributed by atoms with E-state index in [2.05, 4.69) is 25.5 Å². The molecule has 0 atom stereocenters. The monoisotopic (exact) mass is 460 g/mol. The molecule has 160 valence electrons. The fourth-order valence-electron chi connectivity index (χ4n) is 3.14. The van der Waals surface area contributed by atoms with Gasteiger partial charge in [-0.05, 0) is 53.9 Å². The number of nitrogens with two attached hydrogens (primary N) is 1. The molecule has 4 rings (SSSR count). The molecule has 0 aliphatic heterocycles. The minimum absolute atomic E-state index is 0.0361. The average molecular weight is 461 g/mol. The molecule has 0 unspecified atom stereocenters. The van der Waals surface area contributed by atoms with Crippen LogP contribution in [-0.4, -0.2) is 33.3 Å². The van der Waals surface area contributed by atoms with Crippen molar-refractivity contribution in [3.63, 3.8) is 0 Å². The standard InChI is InChI=1S/C21H19Cl2FN6O/c22-18-11-19(28-21(23)26-18)27-20-15-9-12(2-5-16(15)29-30-20)8-13-3-4-14(24)10-17(13)31-7-1-6-25/h2-5,9-11H,1,6-8,25H2,(H2,26,27,28,29,30). The minimum atomic E-state index is -0.342. The van der Waals surface area contributed by atoms with Gasteiger partial charge < -0.3 is 15.8 Å². The van der Waals surface area contributed by atoms with E-state index in [1.54, 1.807) is 12.1 Å². The second-order valence-corrected chi connectivity index (χ2v) is 7.57. The zero-order valence-electron chi connectivity index (χ0n) is 16.3. The van der Waals surface area contributed by atoms with E-state index in [1.807, 2.05) is 18.2 Å². The second kappa shape index (κ2) is 9.47. The lowest BCUT2D eigenvalue weighted by molar-refractivity contribution is 0.309. The van der Waals surface area contributed by atoms with Crippen LogP contribution in [0.15, 0.2) is 42.5 Å². The highest BCUT2D eigenvalue weighted by Gasteiger charge is 2.12. The van der Waals surface area contributed by atoms with Gasteiger partial charge in [0.25, 0.3) is 0 Å². The molecule has 2 aromatic carbocycles. The quantitative estimate of drug-likeness (QED) is 0.197. The lowest BCUT2D eigenvalue weighted by atomic mass is 10.0. The van der Waals surface area contributed by atoms with Gasteiger partial charge in [0.05, 0.1) is 12.1 Å². The summed E-state index contributed by atoms with van der Waals surface area (Å²) in [5, 5.41) is 11.5. The lowest BCUT2D eigenvalue weighted by Gasteiger charge is -2.12. The highest BCUT2D eigenvalue weighted by atomic mass is 35.5. The normalized spacial score (nSPS) is 11.1. The van der Waals surface area contributed by atoms with Crippen molar-refractivity contribution in [1.82, 2.24) is 20.2 Å². The number of fused-ring (bicyclic) bond motifs is 1. The van der Waals surface area contributed by atoms with Crippen molar-refractivity contribution in [2.45, 2.75) is 12.8 Å². The molecule has 0 saturated heterocycles. The first-order valence-electron chi connectivity index (χ1n) is 9.57. The summed E-state index contributed by atoms with van der Waals surface area (Å²) in [7, 11) is 0. The number of nitrogens with one attached hydrogen (secondary N) is 2. The molecule has 4 N–H and O–H groups in total. The van der Waals surface area contributed by atoms with E-state index < -0.39 is 0 Å². The maximum absolute atomic E-state index is 13.7. The number of aromatic amines is 1. The number of nitrogens with zero attached hydrogens (tertiary/aromatic N) is 3. The number of hydrogen-bond acceptors (Lipinski definition) is 6. The van der Waals surface area contributed by atoms with Crippen LogP contribution in [0.1, 0.15) is 17.5 Å². The zero-order valence-corrected chi connectivity index (χ0v) is 17.8. The van der Waals surface area contributed by atoms with Crippen LogP contribution in [0.5, 0.6) is 5.75 Å². The summed E-state index contributed by atoms with van der Waals surface area (Å²) >= 11 is 11.8. The van der Waals surface area contributed by atoms with Gasteiger partial charge in [0.1, 0.15) is 22.5 Å². The van der Waals surface area contributed by atoms with Gasteiger partial charge in [0, 0.05) is 23.9 Å². The molecule has 0 amide bonds. The third-order valence-corrected chi connectivity index (χ3v) is 4.93. The van der Waals surface area contributed by atoms with Gasteiger partial charge in [0.15, 0.2) is 5.82 Å². The summed E-state index contributed by atoms with van der Waals surface area (Å²) < 4.78 is 19.5. The first-order valence-corrected chi connectivity index (χ1v) is 10.3. The van der Waals surface area contributed by atoms with Crippen molar-refractivity contribution in [3.8, 4) is 5.75 Å². The van der Waals surface area contributed by atoms with Gasteiger partial charge in [-0.15, -0.1) is 0 Å². The van der Waals surface area contributed by atoms with Crippen LogP contribution in [0.25, 0.3) is 10.9 Å². The fourth-order valence-corrected chi connectivity index (χ4v) is 3.54. The maximum Gasteiger partial charge on any atom is 0.225 e. The molecule has 7 nitrogen and oxygen atoms in total. The smallest absolute Gasteiger partial charge is 0.225 e. The lowest BCUT2D eigenvalue weighted by Crippen LogP contribution is -2.07. The van der Waals surface area contributed by atoms with Crippen LogP contribution >= 0.6 is 23.2 Å². The molecule has 0 aliphatic carbocycles. The van der Waals surface area contributed by atoms with Crippen LogP contribution < -0.4 is 15.8 Å². The summed E-state index contributed by atoms with van der Waals surface area (Å²) in [4.78, 5) is 7.94. The number of ether oxygens (including phenoxy) is 1. The van der Waals surface area contributed by atoms with Crippen molar-refractivity contribution in [2.24, 2.45) is 5.73 Å². The topological polar surface area (TPSA) is 102 Å². The molecule has 0 saturated carbocycles. The summed E-state index contributed by atoms with van der Waals surface area (Å²) in [6.45, 7) is 0.951. The number of halogens is 3. The van der Waals surface area contributed by atoms with E-state index >= 15 is 0 Å². The Morgan fingerprint density at radius 1 is 1.10 bits per heavy atom. The first kappa shape index (κ1) is 21.3. The predicted molar refractivity (Wildman–Crippen MR) is 120 cm³/mol. The Bertz CT molecular complexity index is 1200. The molecule has 2 heterocycles. The molecular weight excluding hydrogens is 442 g/mol. The molecule has 4 aromatic rings. The number of rotatable bonds is 8. The molecule has 2 aromatic heterocycles. The van der Waals surface area contributed by atoms with Gasteiger partial charge in [-0.2, -0.15) is 5.10 Å². The maximum atomic E-state index is 13.7. The summed E-state index contributed by atoms with van der Waals surface area (Å²) in [5.74, 6) is 1.17. The Hall–Kier alpha value is -2.94. The Morgan fingerprint density at radius 3 is 2.77 bits per heavy atom. The van der Waals surface area contributed by atoms with Crippen LogP contribution in [0, 0.1) is 5.82 Å². The highest BCUT2D eigenvalue weighted by Crippen LogP contribution is 2.28. The summed E-state index contributed by atoms with van der Waals surface area (Å²) in [5.41, 5.74) is 8.25. The van der Waals surface area contributed by atoms with Crippen molar-refractivity contribution in [3.05, 3.63) is 69.8 Å². The number of hydrogen-bond donors (Lipinski definition) is 3. The van der Waals surface area contributed by atoms with E-state index in [1.165, 1.54) is 12.1 Å². The largest absolute Gasteiger partial charge is 0.493 e. The first-order chi connectivity index (χ1) is 15.0. The fraction of sp³-hybridized carbons (Fsp3) is 0.190. The number of aromatic nitrogens is 4. The Morgan fingerprint density at radius 2 is 1.97 bits per heavy atom. The number of anilines is 2. The third kappa shape index (κ3) is 5.22. The Balaban J connectivity index is 1.60. The van der Waals surface area contributed by atoms with Gasteiger partial charge >= 0.3 is 0 Å². The molecule has 0 spiro atoms. The highest BCUT2D eigenvalue weighted by molar-refractivity contribution is 6.32. The van der Waals surface area contributed by atoms with Gasteiger partial charge in [-0.1, -0.05) is 23.7 Å². The Kier molecular flexibility index (Phi) is 6.50. The van der Waals surface area contributed by atoms with Crippen LogP contribution in [0.2, 0.25) is 10.4 Å². The van der Waals surface area contributed by atoms with E-state index in [9.17, 15) is 4.39 Å². The van der Waals surface area contributed by atoms with E-state index in [0.29, 0.717) is 43.4 Å². The molecule has 10 heteroatoms. The van der Waals surface area contributed by atoms with Gasteiger partial charge in [-0.3, -0.25) is 5.10 Å². The number of benzene rings is 2. The zero-order chi connectivity index (χ0) is 21.8. The van der Waals surface area contributed by atoms with Crippen LogP contribution in [0.3, 0.4) is 0 Å². The molecule has 0 aliphatic rings. The minimum Gasteiger partial charge on any atom is -0.493 e.